The topological polar surface area (TPSA) is 35.5 Å². The van der Waals surface area contributed by atoms with Gasteiger partial charge in [-0.15, -0.1) is 0 Å². The summed E-state index contributed by atoms with van der Waals surface area (Å²) >= 11 is 3.17. The van der Waals surface area contributed by atoms with Gasteiger partial charge in [0.2, 0.25) is 0 Å². The van der Waals surface area contributed by atoms with Crippen LogP contribution in [0, 0.1) is 5.82 Å². The third-order valence-corrected chi connectivity index (χ3v) is 3.65. The highest BCUT2D eigenvalue weighted by Crippen LogP contribution is 2.26. The van der Waals surface area contributed by atoms with Crippen LogP contribution in [0.4, 0.5) is 4.39 Å². The molecule has 2 aromatic rings. The summed E-state index contributed by atoms with van der Waals surface area (Å²) in [6.07, 6.45) is 0.693. The molecule has 0 unspecified atom stereocenters. The molecule has 0 saturated carbocycles. The molecule has 20 heavy (non-hydrogen) atoms. The fourth-order valence-corrected chi connectivity index (χ4v) is 2.07. The van der Waals surface area contributed by atoms with Crippen LogP contribution < -0.4 is 9.47 Å². The quantitative estimate of drug-likeness (QED) is 0.773. The fourth-order valence-electron chi connectivity index (χ4n) is 1.69. The Bertz CT molecular complexity index is 629. The van der Waals surface area contributed by atoms with E-state index in [4.69, 9.17) is 9.47 Å². The molecule has 0 aliphatic heterocycles. The highest BCUT2D eigenvalue weighted by molar-refractivity contribution is 9.10. The molecule has 0 fully saturated rings. The standard InChI is InChI=1S/C15H12BrFO3/c1-19-12-5-6-14(11(7-12)8-18)20-9-10-3-2-4-13(17)15(10)16/h2-8H,9H2,1H3. The van der Waals surface area contributed by atoms with E-state index in [9.17, 15) is 9.18 Å². The first kappa shape index (κ1) is 14.5. The summed E-state index contributed by atoms with van der Waals surface area (Å²) < 4.78 is 24.3. The average Bonchev–Trinajstić information content (AvgIpc) is 2.48. The number of hydrogen-bond donors (Lipinski definition) is 0. The second-order valence-electron chi connectivity index (χ2n) is 4.02. The Morgan fingerprint density at radius 3 is 2.80 bits per heavy atom. The summed E-state index contributed by atoms with van der Waals surface area (Å²) in [5.41, 5.74) is 1.05. The second kappa shape index (κ2) is 6.52. The van der Waals surface area contributed by atoms with E-state index in [-0.39, 0.29) is 12.4 Å². The van der Waals surface area contributed by atoms with Crippen molar-refractivity contribution < 1.29 is 18.7 Å². The van der Waals surface area contributed by atoms with E-state index in [2.05, 4.69) is 15.9 Å². The van der Waals surface area contributed by atoms with Gasteiger partial charge in [-0.25, -0.2) is 4.39 Å². The molecule has 0 aliphatic carbocycles. The number of halogens is 2. The van der Waals surface area contributed by atoms with E-state index in [1.807, 2.05) is 0 Å². The predicted octanol–water partition coefficient (Wildman–Crippen LogP) is 3.99. The van der Waals surface area contributed by atoms with E-state index in [0.717, 1.165) is 0 Å². The van der Waals surface area contributed by atoms with Gasteiger partial charge in [0.1, 0.15) is 23.9 Å². The minimum Gasteiger partial charge on any atom is -0.497 e. The van der Waals surface area contributed by atoms with Gasteiger partial charge in [-0.2, -0.15) is 0 Å². The van der Waals surface area contributed by atoms with Crippen molar-refractivity contribution >= 4 is 22.2 Å². The maximum atomic E-state index is 13.4. The monoisotopic (exact) mass is 338 g/mol. The van der Waals surface area contributed by atoms with Gasteiger partial charge >= 0.3 is 0 Å². The van der Waals surface area contributed by atoms with Crippen molar-refractivity contribution in [3.05, 3.63) is 57.8 Å². The van der Waals surface area contributed by atoms with Crippen LogP contribution in [0.15, 0.2) is 40.9 Å². The zero-order chi connectivity index (χ0) is 14.5. The van der Waals surface area contributed by atoms with Crippen LogP contribution in [0.25, 0.3) is 0 Å². The van der Waals surface area contributed by atoms with Crippen molar-refractivity contribution in [1.29, 1.82) is 0 Å². The molecular weight excluding hydrogens is 327 g/mol. The Labute approximate surface area is 124 Å². The first-order valence-corrected chi connectivity index (χ1v) is 6.64. The third-order valence-electron chi connectivity index (χ3n) is 2.76. The molecule has 3 nitrogen and oxygen atoms in total. The number of carbonyl (C=O) groups excluding carboxylic acids is 1. The fraction of sp³-hybridized carbons (Fsp3) is 0.133. The number of aldehydes is 1. The van der Waals surface area contributed by atoms with Crippen LogP contribution in [0.3, 0.4) is 0 Å². The van der Waals surface area contributed by atoms with Crippen molar-refractivity contribution in [3.8, 4) is 11.5 Å². The van der Waals surface area contributed by atoms with Crippen molar-refractivity contribution in [3.63, 3.8) is 0 Å². The first-order chi connectivity index (χ1) is 9.65. The molecule has 2 rings (SSSR count). The van der Waals surface area contributed by atoms with E-state index >= 15 is 0 Å². The van der Waals surface area contributed by atoms with Crippen LogP contribution in [-0.2, 0) is 6.61 Å². The SMILES string of the molecule is COc1ccc(OCc2cccc(F)c2Br)c(C=O)c1. The van der Waals surface area contributed by atoms with Gasteiger partial charge in [0.05, 0.1) is 17.1 Å². The molecule has 0 amide bonds. The lowest BCUT2D eigenvalue weighted by atomic mass is 10.2. The lowest BCUT2D eigenvalue weighted by molar-refractivity contribution is 0.111. The summed E-state index contributed by atoms with van der Waals surface area (Å²) in [5.74, 6) is 0.653. The normalized spacial score (nSPS) is 10.2. The molecule has 0 N–H and O–H groups in total. The molecule has 0 aromatic heterocycles. The summed E-state index contributed by atoms with van der Waals surface area (Å²) in [6.45, 7) is 0.158. The van der Waals surface area contributed by atoms with Crippen molar-refractivity contribution in [2.24, 2.45) is 0 Å². The predicted molar refractivity (Wildman–Crippen MR) is 76.8 cm³/mol. The zero-order valence-electron chi connectivity index (χ0n) is 10.7. The van der Waals surface area contributed by atoms with Crippen LogP contribution in [0.1, 0.15) is 15.9 Å². The maximum Gasteiger partial charge on any atom is 0.153 e. The van der Waals surface area contributed by atoms with Crippen LogP contribution in [0.5, 0.6) is 11.5 Å². The Kier molecular flexibility index (Phi) is 4.74. The summed E-state index contributed by atoms with van der Waals surface area (Å²) in [5, 5.41) is 0. The van der Waals surface area contributed by atoms with Gasteiger partial charge in [-0.05, 0) is 40.2 Å². The van der Waals surface area contributed by atoms with E-state index in [1.54, 1.807) is 30.3 Å². The molecule has 104 valence electrons. The Balaban J connectivity index is 2.18. The molecule has 0 radical (unpaired) electrons. The van der Waals surface area contributed by atoms with Crippen LogP contribution in [0.2, 0.25) is 0 Å². The molecule has 0 bridgehead atoms. The summed E-state index contributed by atoms with van der Waals surface area (Å²) in [6, 6.07) is 9.64. The molecule has 0 atom stereocenters. The van der Waals surface area contributed by atoms with E-state index < -0.39 is 0 Å². The Morgan fingerprint density at radius 2 is 2.10 bits per heavy atom. The van der Waals surface area contributed by atoms with Crippen LogP contribution >= 0.6 is 15.9 Å². The second-order valence-corrected chi connectivity index (χ2v) is 4.82. The van der Waals surface area contributed by atoms with Gasteiger partial charge < -0.3 is 9.47 Å². The van der Waals surface area contributed by atoms with Crippen molar-refractivity contribution in [2.75, 3.05) is 7.11 Å². The number of rotatable bonds is 5. The largest absolute Gasteiger partial charge is 0.497 e. The van der Waals surface area contributed by atoms with Gasteiger partial charge in [-0.3, -0.25) is 4.79 Å². The first-order valence-electron chi connectivity index (χ1n) is 5.84. The molecular formula is C15H12BrFO3. The summed E-state index contributed by atoms with van der Waals surface area (Å²) in [4.78, 5) is 11.0. The lowest BCUT2D eigenvalue weighted by Crippen LogP contribution is -2.00. The average molecular weight is 339 g/mol. The van der Waals surface area contributed by atoms with Gasteiger partial charge in [0.15, 0.2) is 6.29 Å². The van der Waals surface area contributed by atoms with Gasteiger partial charge in [0.25, 0.3) is 0 Å². The highest BCUT2D eigenvalue weighted by Gasteiger charge is 2.08. The minimum atomic E-state index is -0.351. The summed E-state index contributed by atoms with van der Waals surface area (Å²) in [7, 11) is 1.52. The van der Waals surface area contributed by atoms with Gasteiger partial charge in [0, 0.05) is 5.56 Å². The number of benzene rings is 2. The van der Waals surface area contributed by atoms with E-state index in [0.29, 0.717) is 33.4 Å². The number of methoxy groups -OCH3 is 1. The molecule has 2 aromatic carbocycles. The van der Waals surface area contributed by atoms with Crippen molar-refractivity contribution in [2.45, 2.75) is 6.61 Å². The lowest BCUT2D eigenvalue weighted by Gasteiger charge is -2.11. The van der Waals surface area contributed by atoms with E-state index in [1.165, 1.54) is 13.2 Å². The Hall–Kier alpha value is -1.88. The smallest absolute Gasteiger partial charge is 0.153 e. The zero-order valence-corrected chi connectivity index (χ0v) is 12.3. The maximum absolute atomic E-state index is 13.4. The minimum absolute atomic E-state index is 0.158. The number of hydrogen-bond acceptors (Lipinski definition) is 3. The van der Waals surface area contributed by atoms with Crippen molar-refractivity contribution in [1.82, 2.24) is 0 Å². The van der Waals surface area contributed by atoms with Crippen LogP contribution in [-0.4, -0.2) is 13.4 Å². The molecule has 0 saturated heterocycles. The molecule has 0 heterocycles. The molecule has 0 aliphatic rings. The highest BCUT2D eigenvalue weighted by atomic mass is 79.9. The number of carbonyl (C=O) groups is 1. The third kappa shape index (κ3) is 3.17. The van der Waals surface area contributed by atoms with Gasteiger partial charge in [-0.1, -0.05) is 12.1 Å². The number of ether oxygens (including phenoxy) is 2. The molecule has 5 heteroatoms. The Morgan fingerprint density at radius 1 is 1.30 bits per heavy atom. The molecule has 0 spiro atoms.